The van der Waals surface area contributed by atoms with Gasteiger partial charge in [-0.1, -0.05) is 6.07 Å². The van der Waals surface area contributed by atoms with Crippen LogP contribution in [0.5, 0.6) is 0 Å². The molecule has 9 heteroatoms. The molecular weight excluding hydrogens is 489 g/mol. The van der Waals surface area contributed by atoms with Gasteiger partial charge in [0.2, 0.25) is 0 Å². The molecule has 0 atom stereocenters. The van der Waals surface area contributed by atoms with Crippen molar-refractivity contribution in [1.29, 1.82) is 0 Å². The zero-order chi connectivity index (χ0) is 19.9. The van der Waals surface area contributed by atoms with Crippen LogP contribution in [-0.4, -0.2) is 53.4 Å². The van der Waals surface area contributed by atoms with Crippen LogP contribution in [-0.2, 0) is 13.1 Å². The van der Waals surface area contributed by atoms with Gasteiger partial charge in [-0.15, -0.1) is 24.0 Å². The highest BCUT2D eigenvalue weighted by molar-refractivity contribution is 14.0. The Kier molecular flexibility index (Phi) is 9.28. The van der Waals surface area contributed by atoms with Gasteiger partial charge < -0.3 is 10.6 Å². The van der Waals surface area contributed by atoms with Crippen molar-refractivity contribution < 1.29 is 8.78 Å². The molecule has 0 bridgehead atoms. The maximum atomic E-state index is 13.4. The van der Waals surface area contributed by atoms with Crippen molar-refractivity contribution in [1.82, 2.24) is 25.3 Å². The molecule has 0 aliphatic carbocycles. The van der Waals surface area contributed by atoms with Crippen LogP contribution in [0.25, 0.3) is 0 Å². The number of benzene rings is 1. The number of guanidine groups is 1. The molecule has 1 aliphatic rings. The predicted molar refractivity (Wildman–Crippen MR) is 122 cm³/mol. The molecule has 0 saturated carbocycles. The Morgan fingerprint density at radius 2 is 2.00 bits per heavy atom. The van der Waals surface area contributed by atoms with E-state index >= 15 is 0 Å². The van der Waals surface area contributed by atoms with Crippen molar-refractivity contribution in [3.8, 4) is 0 Å². The maximum absolute atomic E-state index is 13.4. The third-order valence-corrected chi connectivity index (χ3v) is 4.94. The van der Waals surface area contributed by atoms with Gasteiger partial charge in [0.15, 0.2) is 17.6 Å². The Bertz CT molecular complexity index is 802. The Labute approximate surface area is 187 Å². The highest BCUT2D eigenvalue weighted by Crippen LogP contribution is 2.15. The summed E-state index contributed by atoms with van der Waals surface area (Å²) in [7, 11) is 1.77. The number of aliphatic imine (C=N–C) groups is 1. The molecule has 1 saturated heterocycles. The lowest BCUT2D eigenvalue weighted by Crippen LogP contribution is -2.49. The minimum atomic E-state index is -0.798. The van der Waals surface area contributed by atoms with Gasteiger partial charge in [0.1, 0.15) is 0 Å². The van der Waals surface area contributed by atoms with E-state index in [1.54, 1.807) is 13.1 Å². The molecule has 2 heterocycles. The van der Waals surface area contributed by atoms with E-state index in [-0.39, 0.29) is 24.0 Å². The minimum absolute atomic E-state index is 0. The van der Waals surface area contributed by atoms with Crippen LogP contribution in [0.15, 0.2) is 35.6 Å². The number of piperidine rings is 1. The largest absolute Gasteiger partial charge is 0.355 e. The molecule has 1 aromatic heterocycles. The van der Waals surface area contributed by atoms with Gasteiger partial charge in [0, 0.05) is 45.5 Å². The van der Waals surface area contributed by atoms with Crippen molar-refractivity contribution >= 4 is 29.9 Å². The molecule has 1 fully saturated rings. The molecule has 1 aliphatic heterocycles. The summed E-state index contributed by atoms with van der Waals surface area (Å²) in [5, 5.41) is 11.1. The lowest BCUT2D eigenvalue weighted by Gasteiger charge is -2.33. The van der Waals surface area contributed by atoms with Crippen LogP contribution in [0, 0.1) is 18.6 Å². The summed E-state index contributed by atoms with van der Waals surface area (Å²) in [6.07, 6.45) is 5.81. The predicted octanol–water partition coefficient (Wildman–Crippen LogP) is 2.92. The summed E-state index contributed by atoms with van der Waals surface area (Å²) in [6.45, 7) is 5.99. The van der Waals surface area contributed by atoms with Crippen molar-refractivity contribution in [2.45, 2.75) is 38.9 Å². The summed E-state index contributed by atoms with van der Waals surface area (Å²) in [6, 6.07) is 4.47. The number of hydrogen-bond acceptors (Lipinski definition) is 3. The highest BCUT2D eigenvalue weighted by atomic mass is 127. The summed E-state index contributed by atoms with van der Waals surface area (Å²) < 4.78 is 28.3. The molecule has 29 heavy (non-hydrogen) atoms. The first-order chi connectivity index (χ1) is 13.5. The second-order valence-electron chi connectivity index (χ2n) is 7.22. The molecule has 1 aromatic carbocycles. The van der Waals surface area contributed by atoms with Gasteiger partial charge in [-0.05, 0) is 43.0 Å². The summed E-state index contributed by atoms with van der Waals surface area (Å²) >= 11 is 0. The van der Waals surface area contributed by atoms with Crippen LogP contribution in [0.4, 0.5) is 8.78 Å². The molecule has 2 N–H and O–H groups in total. The third kappa shape index (κ3) is 7.22. The van der Waals surface area contributed by atoms with E-state index in [1.807, 2.05) is 24.0 Å². The van der Waals surface area contributed by atoms with Gasteiger partial charge in [0.05, 0.1) is 12.7 Å². The van der Waals surface area contributed by atoms with Crippen LogP contribution >= 0.6 is 24.0 Å². The van der Waals surface area contributed by atoms with Gasteiger partial charge >= 0.3 is 0 Å². The first kappa shape index (κ1) is 23.5. The number of rotatable bonds is 6. The smallest absolute Gasteiger partial charge is 0.191 e. The zero-order valence-electron chi connectivity index (χ0n) is 16.9. The molecule has 0 radical (unpaired) electrons. The van der Waals surface area contributed by atoms with E-state index in [2.05, 4.69) is 25.6 Å². The van der Waals surface area contributed by atoms with Crippen LogP contribution in [0.1, 0.15) is 24.0 Å². The van der Waals surface area contributed by atoms with E-state index in [0.717, 1.165) is 56.1 Å². The Hall–Kier alpha value is -1.75. The second-order valence-corrected chi connectivity index (χ2v) is 7.22. The van der Waals surface area contributed by atoms with Gasteiger partial charge in [-0.25, -0.2) is 8.78 Å². The molecule has 0 spiro atoms. The zero-order valence-corrected chi connectivity index (χ0v) is 19.2. The first-order valence-corrected chi connectivity index (χ1v) is 9.66. The number of likely N-dealkylation sites (tertiary alicyclic amines) is 1. The first-order valence-electron chi connectivity index (χ1n) is 9.66. The summed E-state index contributed by atoms with van der Waals surface area (Å²) in [5.41, 5.74) is 1.95. The van der Waals surface area contributed by atoms with Crippen LogP contribution < -0.4 is 10.6 Å². The van der Waals surface area contributed by atoms with E-state index in [9.17, 15) is 8.78 Å². The van der Waals surface area contributed by atoms with E-state index < -0.39 is 11.6 Å². The lowest BCUT2D eigenvalue weighted by molar-refractivity contribution is 0.198. The lowest BCUT2D eigenvalue weighted by atomic mass is 10.0. The number of hydrogen-bond donors (Lipinski definition) is 2. The standard InChI is InChI=1S/C20H28F2N6.HI/c1-15-12-25-28(13-15)10-7-24-20(23-2)26-17-5-8-27(9-6-17)14-16-3-4-18(21)19(22)11-16;/h3-4,11-13,17H,5-10,14H2,1-2H3,(H2,23,24,26);1H. The normalized spacial score (nSPS) is 15.8. The fourth-order valence-corrected chi connectivity index (χ4v) is 3.40. The number of aromatic nitrogens is 2. The quantitative estimate of drug-likeness (QED) is 0.351. The minimum Gasteiger partial charge on any atom is -0.355 e. The molecule has 0 amide bonds. The Balaban J connectivity index is 0.00000300. The molecule has 2 aromatic rings. The van der Waals surface area contributed by atoms with Crippen molar-refractivity contribution in [2.75, 3.05) is 26.7 Å². The fourth-order valence-electron chi connectivity index (χ4n) is 3.40. The maximum Gasteiger partial charge on any atom is 0.191 e. The SMILES string of the molecule is CN=C(NCCn1cc(C)cn1)NC1CCN(Cc2ccc(F)c(F)c2)CC1.I. The Morgan fingerprint density at radius 1 is 1.24 bits per heavy atom. The number of aryl methyl sites for hydroxylation is 1. The van der Waals surface area contributed by atoms with E-state index in [0.29, 0.717) is 12.6 Å². The number of nitrogens with one attached hydrogen (secondary N) is 2. The second kappa shape index (κ2) is 11.4. The molecule has 160 valence electrons. The highest BCUT2D eigenvalue weighted by Gasteiger charge is 2.20. The molecular formula is C20H29F2IN6. The molecule has 0 unspecified atom stereocenters. The monoisotopic (exact) mass is 518 g/mol. The van der Waals surface area contributed by atoms with E-state index in [1.165, 1.54) is 12.1 Å². The van der Waals surface area contributed by atoms with Gasteiger partial charge in [0.25, 0.3) is 0 Å². The van der Waals surface area contributed by atoms with Crippen molar-refractivity contribution in [2.24, 2.45) is 4.99 Å². The van der Waals surface area contributed by atoms with Crippen molar-refractivity contribution in [3.63, 3.8) is 0 Å². The summed E-state index contributed by atoms with van der Waals surface area (Å²) in [4.78, 5) is 6.56. The average Bonchev–Trinajstić information content (AvgIpc) is 3.10. The van der Waals surface area contributed by atoms with Gasteiger partial charge in [-0.3, -0.25) is 14.6 Å². The molecule has 6 nitrogen and oxygen atoms in total. The topological polar surface area (TPSA) is 57.5 Å². The van der Waals surface area contributed by atoms with Crippen LogP contribution in [0.2, 0.25) is 0 Å². The fraction of sp³-hybridized carbons (Fsp3) is 0.500. The van der Waals surface area contributed by atoms with Crippen molar-refractivity contribution in [3.05, 3.63) is 53.4 Å². The Morgan fingerprint density at radius 3 is 2.62 bits per heavy atom. The van der Waals surface area contributed by atoms with Gasteiger partial charge in [-0.2, -0.15) is 5.10 Å². The van der Waals surface area contributed by atoms with Crippen LogP contribution in [0.3, 0.4) is 0 Å². The number of nitrogens with zero attached hydrogens (tertiary/aromatic N) is 4. The third-order valence-electron chi connectivity index (χ3n) is 4.94. The van der Waals surface area contributed by atoms with E-state index in [4.69, 9.17) is 0 Å². The number of halogens is 3. The average molecular weight is 518 g/mol. The molecule has 3 rings (SSSR count). The summed E-state index contributed by atoms with van der Waals surface area (Å²) in [5.74, 6) is -0.787.